The molecule has 2 aromatic rings. The Hall–Kier alpha value is -2.20. The molecule has 124 valence electrons. The number of amides is 2. The van der Waals surface area contributed by atoms with Gasteiger partial charge in [-0.3, -0.25) is 9.59 Å². The van der Waals surface area contributed by atoms with Crippen LogP contribution in [0.1, 0.15) is 38.5 Å². The van der Waals surface area contributed by atoms with Crippen molar-refractivity contribution >= 4 is 28.3 Å². The van der Waals surface area contributed by atoms with Crippen LogP contribution < -0.4 is 10.2 Å². The van der Waals surface area contributed by atoms with Gasteiger partial charge in [-0.25, -0.2) is 4.90 Å². The molecule has 1 saturated carbocycles. The number of imide groups is 1. The summed E-state index contributed by atoms with van der Waals surface area (Å²) >= 11 is 0. The first kappa shape index (κ1) is 15.3. The number of hydrogen-bond donors (Lipinski definition) is 1. The monoisotopic (exact) mass is 322 g/mol. The van der Waals surface area contributed by atoms with Gasteiger partial charge in [0.15, 0.2) is 0 Å². The van der Waals surface area contributed by atoms with Crippen LogP contribution in [0.5, 0.6) is 0 Å². The van der Waals surface area contributed by atoms with E-state index in [1.165, 1.54) is 24.2 Å². The molecule has 4 rings (SSSR count). The molecular weight excluding hydrogens is 300 g/mol. The summed E-state index contributed by atoms with van der Waals surface area (Å²) in [7, 11) is 0. The number of nitrogens with zero attached hydrogens (tertiary/aromatic N) is 1. The Labute approximate surface area is 141 Å². The van der Waals surface area contributed by atoms with Crippen molar-refractivity contribution in [2.75, 3.05) is 4.90 Å². The molecule has 2 aromatic carbocycles. The molecule has 0 aromatic heterocycles. The molecule has 2 amide bonds. The summed E-state index contributed by atoms with van der Waals surface area (Å²) in [4.78, 5) is 26.6. The second kappa shape index (κ2) is 6.36. The van der Waals surface area contributed by atoms with E-state index in [2.05, 4.69) is 5.32 Å². The number of nitrogens with one attached hydrogen (secondary N) is 1. The Bertz CT molecular complexity index is 780. The van der Waals surface area contributed by atoms with Crippen molar-refractivity contribution in [2.45, 2.75) is 50.6 Å². The molecular formula is C20H22N2O2. The lowest BCUT2D eigenvalue weighted by Crippen LogP contribution is -2.44. The summed E-state index contributed by atoms with van der Waals surface area (Å²) in [6, 6.07) is 13.7. The van der Waals surface area contributed by atoms with Crippen LogP contribution in [0.3, 0.4) is 0 Å². The van der Waals surface area contributed by atoms with Gasteiger partial charge in [-0.2, -0.15) is 0 Å². The van der Waals surface area contributed by atoms with Crippen LogP contribution in [0.15, 0.2) is 42.5 Å². The molecule has 0 spiro atoms. The molecule has 2 fully saturated rings. The minimum atomic E-state index is -0.368. The average Bonchev–Trinajstić information content (AvgIpc) is 2.89. The first-order valence-corrected chi connectivity index (χ1v) is 8.84. The second-order valence-electron chi connectivity index (χ2n) is 6.86. The maximum absolute atomic E-state index is 12.8. The van der Waals surface area contributed by atoms with Crippen LogP contribution in [0, 0.1) is 0 Å². The molecule has 0 bridgehead atoms. The minimum Gasteiger partial charge on any atom is -0.303 e. The van der Waals surface area contributed by atoms with E-state index in [-0.39, 0.29) is 24.3 Å². The van der Waals surface area contributed by atoms with Crippen molar-refractivity contribution < 1.29 is 9.59 Å². The van der Waals surface area contributed by atoms with E-state index in [9.17, 15) is 9.59 Å². The molecule has 1 N–H and O–H groups in total. The van der Waals surface area contributed by atoms with E-state index >= 15 is 0 Å². The summed E-state index contributed by atoms with van der Waals surface area (Å²) < 4.78 is 0. The van der Waals surface area contributed by atoms with Gasteiger partial charge < -0.3 is 5.32 Å². The van der Waals surface area contributed by atoms with E-state index in [1.807, 2.05) is 42.5 Å². The Kier molecular flexibility index (Phi) is 4.07. The maximum atomic E-state index is 12.8. The minimum absolute atomic E-state index is 0.108. The number of rotatable bonds is 3. The molecule has 1 atom stereocenters. The van der Waals surface area contributed by atoms with Gasteiger partial charge in [0.2, 0.25) is 5.91 Å². The highest BCUT2D eigenvalue weighted by Gasteiger charge is 2.40. The zero-order valence-corrected chi connectivity index (χ0v) is 13.7. The Morgan fingerprint density at radius 3 is 2.46 bits per heavy atom. The van der Waals surface area contributed by atoms with Gasteiger partial charge in [-0.15, -0.1) is 0 Å². The molecule has 1 heterocycles. The molecule has 1 unspecified atom stereocenters. The fourth-order valence-corrected chi connectivity index (χ4v) is 3.90. The number of hydrogen-bond acceptors (Lipinski definition) is 3. The van der Waals surface area contributed by atoms with Crippen LogP contribution in [0.2, 0.25) is 0 Å². The number of anilines is 1. The maximum Gasteiger partial charge on any atom is 0.251 e. The second-order valence-corrected chi connectivity index (χ2v) is 6.86. The zero-order chi connectivity index (χ0) is 16.5. The lowest BCUT2D eigenvalue weighted by Gasteiger charge is -2.25. The quantitative estimate of drug-likeness (QED) is 0.881. The van der Waals surface area contributed by atoms with Crippen LogP contribution in [0.4, 0.5) is 5.69 Å². The van der Waals surface area contributed by atoms with Crippen molar-refractivity contribution in [3.05, 3.63) is 42.5 Å². The zero-order valence-electron chi connectivity index (χ0n) is 13.7. The Morgan fingerprint density at radius 1 is 0.917 bits per heavy atom. The summed E-state index contributed by atoms with van der Waals surface area (Å²) in [6.07, 6.45) is 6.17. The number of fused-ring (bicyclic) bond motifs is 1. The van der Waals surface area contributed by atoms with Crippen LogP contribution in [-0.4, -0.2) is 23.9 Å². The number of carbonyl (C=O) groups excluding carboxylic acids is 2. The van der Waals surface area contributed by atoms with Gasteiger partial charge in [-0.05, 0) is 35.7 Å². The van der Waals surface area contributed by atoms with Gasteiger partial charge in [0.25, 0.3) is 5.91 Å². The van der Waals surface area contributed by atoms with E-state index in [1.54, 1.807) is 0 Å². The smallest absolute Gasteiger partial charge is 0.251 e. The molecule has 1 saturated heterocycles. The topological polar surface area (TPSA) is 49.4 Å². The van der Waals surface area contributed by atoms with Crippen molar-refractivity contribution in [2.24, 2.45) is 0 Å². The van der Waals surface area contributed by atoms with Gasteiger partial charge >= 0.3 is 0 Å². The highest BCUT2D eigenvalue weighted by Crippen LogP contribution is 2.28. The van der Waals surface area contributed by atoms with Crippen molar-refractivity contribution in [3.63, 3.8) is 0 Å². The highest BCUT2D eigenvalue weighted by atomic mass is 16.2. The van der Waals surface area contributed by atoms with Crippen LogP contribution in [0.25, 0.3) is 10.8 Å². The van der Waals surface area contributed by atoms with Crippen LogP contribution in [-0.2, 0) is 9.59 Å². The first-order chi connectivity index (χ1) is 11.7. The Morgan fingerprint density at radius 2 is 1.67 bits per heavy atom. The number of benzene rings is 2. The van der Waals surface area contributed by atoms with Crippen molar-refractivity contribution in [1.82, 2.24) is 5.32 Å². The van der Waals surface area contributed by atoms with E-state index in [0.29, 0.717) is 11.7 Å². The molecule has 0 radical (unpaired) electrons. The van der Waals surface area contributed by atoms with E-state index in [0.717, 1.165) is 23.6 Å². The van der Waals surface area contributed by atoms with Gasteiger partial charge in [0.1, 0.15) is 0 Å². The highest BCUT2D eigenvalue weighted by molar-refractivity contribution is 6.22. The molecule has 1 aliphatic carbocycles. The predicted octanol–water partition coefficient (Wildman–Crippen LogP) is 3.39. The predicted molar refractivity (Wildman–Crippen MR) is 94.9 cm³/mol. The summed E-state index contributed by atoms with van der Waals surface area (Å²) in [5.74, 6) is -0.218. The normalized spacial score (nSPS) is 22.5. The molecule has 1 aliphatic heterocycles. The standard InChI is InChI=1S/C20H22N2O2/c23-19-13-18(21-16-8-2-1-3-9-16)20(24)22(19)17-11-10-14-6-4-5-7-15(14)12-17/h4-7,10-12,16,18,21H,1-3,8-9,13H2. The largest absolute Gasteiger partial charge is 0.303 e. The molecule has 2 aliphatic rings. The summed E-state index contributed by atoms with van der Waals surface area (Å²) in [5, 5.41) is 5.57. The lowest BCUT2D eigenvalue weighted by molar-refractivity contribution is -0.121. The average molecular weight is 322 g/mol. The third kappa shape index (κ3) is 2.82. The fraction of sp³-hybridized carbons (Fsp3) is 0.400. The fourth-order valence-electron chi connectivity index (χ4n) is 3.90. The van der Waals surface area contributed by atoms with Gasteiger partial charge in [0, 0.05) is 6.04 Å². The van der Waals surface area contributed by atoms with Crippen molar-refractivity contribution in [1.29, 1.82) is 0 Å². The van der Waals surface area contributed by atoms with Crippen LogP contribution >= 0.6 is 0 Å². The van der Waals surface area contributed by atoms with Gasteiger partial charge in [-0.1, -0.05) is 49.6 Å². The van der Waals surface area contributed by atoms with Crippen molar-refractivity contribution in [3.8, 4) is 0 Å². The SMILES string of the molecule is O=C1CC(NC2CCCCC2)C(=O)N1c1ccc2ccccc2c1. The third-order valence-corrected chi connectivity index (χ3v) is 5.18. The molecule has 24 heavy (non-hydrogen) atoms. The lowest BCUT2D eigenvalue weighted by atomic mass is 9.95. The summed E-state index contributed by atoms with van der Waals surface area (Å²) in [5.41, 5.74) is 0.677. The van der Waals surface area contributed by atoms with E-state index in [4.69, 9.17) is 0 Å². The van der Waals surface area contributed by atoms with E-state index < -0.39 is 0 Å². The third-order valence-electron chi connectivity index (χ3n) is 5.18. The Balaban J connectivity index is 1.55. The van der Waals surface area contributed by atoms with Gasteiger partial charge in [0.05, 0.1) is 18.2 Å². The number of carbonyl (C=O) groups is 2. The molecule has 4 heteroatoms. The molecule has 4 nitrogen and oxygen atoms in total. The summed E-state index contributed by atoms with van der Waals surface area (Å²) in [6.45, 7) is 0. The first-order valence-electron chi connectivity index (χ1n) is 8.84.